The van der Waals surface area contributed by atoms with Crippen LogP contribution < -0.4 is 0 Å². The molecule has 3 fully saturated rings. The second-order valence-electron chi connectivity index (χ2n) is 5.69. The van der Waals surface area contributed by atoms with E-state index in [1.165, 1.54) is 52.4 Å². The Labute approximate surface area is 160 Å². The highest BCUT2D eigenvalue weighted by atomic mass is 32.2. The quantitative estimate of drug-likeness (QED) is 0.263. The number of thioether (sulfide) groups is 6. The lowest BCUT2D eigenvalue weighted by Crippen LogP contribution is -2.23. The summed E-state index contributed by atoms with van der Waals surface area (Å²) in [6, 6.07) is 0. The van der Waals surface area contributed by atoms with Gasteiger partial charge in [0.2, 0.25) is 0 Å². The molecule has 0 radical (unpaired) electrons. The summed E-state index contributed by atoms with van der Waals surface area (Å²) in [7, 11) is 0. The van der Waals surface area contributed by atoms with Gasteiger partial charge in [0.1, 0.15) is 0 Å². The van der Waals surface area contributed by atoms with Gasteiger partial charge in [0.25, 0.3) is 0 Å². The van der Waals surface area contributed by atoms with Gasteiger partial charge in [-0.15, -0.1) is 0 Å². The van der Waals surface area contributed by atoms with E-state index in [1.54, 1.807) is 0 Å². The van der Waals surface area contributed by atoms with E-state index in [-0.39, 0.29) is 0 Å². The van der Waals surface area contributed by atoms with Crippen LogP contribution in [-0.2, 0) is 0 Å². The van der Waals surface area contributed by atoms with Crippen molar-refractivity contribution in [2.75, 3.05) is 46.0 Å². The topological polar surface area (TPSA) is 0 Å². The molecule has 21 heavy (non-hydrogen) atoms. The average Bonchev–Trinajstić information content (AvgIpc) is 3.32. The van der Waals surface area contributed by atoms with Gasteiger partial charge in [-0.05, 0) is 6.42 Å². The summed E-state index contributed by atoms with van der Waals surface area (Å²) in [5, 5.41) is 4.27. The Morgan fingerprint density at radius 1 is 0.905 bits per heavy atom. The summed E-state index contributed by atoms with van der Waals surface area (Å²) in [6.07, 6.45) is 1.33. The zero-order valence-electron chi connectivity index (χ0n) is 12.1. The lowest BCUT2D eigenvalue weighted by atomic mass is 10.2. The zero-order chi connectivity index (χ0) is 14.5. The monoisotopic (exact) mass is 416 g/mol. The molecule has 0 N–H and O–H groups in total. The van der Waals surface area contributed by atoms with Crippen molar-refractivity contribution < 1.29 is 0 Å². The number of hydrogen-bond acceptors (Lipinski definition) is 7. The first-order chi connectivity index (χ1) is 10.3. The van der Waals surface area contributed by atoms with Crippen LogP contribution in [0.2, 0.25) is 0 Å². The summed E-state index contributed by atoms with van der Waals surface area (Å²) in [5.41, 5.74) is 0. The molecule has 5 unspecified atom stereocenters. The van der Waals surface area contributed by atoms with Gasteiger partial charge < -0.3 is 0 Å². The molecule has 3 heterocycles. The first-order valence-corrected chi connectivity index (χ1v) is 14.6. The molecule has 0 aliphatic carbocycles. The fourth-order valence-electron chi connectivity index (χ4n) is 2.01. The van der Waals surface area contributed by atoms with Crippen LogP contribution in [0.25, 0.3) is 0 Å². The molecule has 7 heteroatoms. The van der Waals surface area contributed by atoms with Crippen molar-refractivity contribution in [3.8, 4) is 0 Å². The molecule has 0 aromatic carbocycles. The maximum atomic E-state index is 4.95. The van der Waals surface area contributed by atoms with Crippen LogP contribution in [-0.4, -0.2) is 72.3 Å². The SMILES string of the molecule is SC(CC1CS1)C(CSCC1CS1)SCCSCC1CS1. The second kappa shape index (κ2) is 9.81. The lowest BCUT2D eigenvalue weighted by molar-refractivity contribution is 0.782. The fourth-order valence-corrected chi connectivity index (χ4v) is 9.38. The van der Waals surface area contributed by atoms with Gasteiger partial charge >= 0.3 is 0 Å². The Kier molecular flexibility index (Phi) is 8.52. The van der Waals surface area contributed by atoms with Crippen LogP contribution in [0.15, 0.2) is 0 Å². The zero-order valence-corrected chi connectivity index (χ0v) is 17.9. The van der Waals surface area contributed by atoms with Gasteiger partial charge in [-0.25, -0.2) is 0 Å². The third kappa shape index (κ3) is 8.39. The molecule has 3 saturated heterocycles. The Morgan fingerprint density at radius 3 is 2.14 bits per heavy atom. The molecule has 0 aromatic rings. The van der Waals surface area contributed by atoms with Gasteiger partial charge in [0.15, 0.2) is 0 Å². The maximum absolute atomic E-state index is 4.95. The molecule has 0 bridgehead atoms. The number of hydrogen-bond donors (Lipinski definition) is 1. The van der Waals surface area contributed by atoms with Crippen LogP contribution in [0, 0.1) is 0 Å². The van der Waals surface area contributed by atoms with Gasteiger partial charge in [-0.1, -0.05) is 0 Å². The van der Waals surface area contributed by atoms with E-state index in [9.17, 15) is 0 Å². The van der Waals surface area contributed by atoms with Crippen molar-refractivity contribution in [1.29, 1.82) is 0 Å². The fraction of sp³-hybridized carbons (Fsp3) is 1.00. The van der Waals surface area contributed by atoms with Crippen LogP contribution >= 0.6 is 83.2 Å². The largest absolute Gasteiger partial charge is 0.175 e. The van der Waals surface area contributed by atoms with Crippen LogP contribution in [0.1, 0.15) is 6.42 Å². The maximum Gasteiger partial charge on any atom is 0.0255 e. The Balaban J connectivity index is 1.29. The third-order valence-electron chi connectivity index (χ3n) is 3.59. The average molecular weight is 417 g/mol. The molecular weight excluding hydrogens is 393 g/mol. The smallest absolute Gasteiger partial charge is 0.0255 e. The highest BCUT2D eigenvalue weighted by Gasteiger charge is 2.30. The predicted molar refractivity (Wildman–Crippen MR) is 117 cm³/mol. The molecule has 0 nitrogen and oxygen atoms in total. The van der Waals surface area contributed by atoms with Gasteiger partial charge in [0, 0.05) is 72.3 Å². The second-order valence-corrected chi connectivity index (χ2v) is 13.9. The molecule has 0 amide bonds. The van der Waals surface area contributed by atoms with E-state index in [2.05, 4.69) is 70.6 Å². The molecule has 0 aromatic heterocycles. The predicted octanol–water partition coefficient (Wildman–Crippen LogP) is 4.59. The van der Waals surface area contributed by atoms with E-state index in [0.717, 1.165) is 21.0 Å². The van der Waals surface area contributed by atoms with Crippen molar-refractivity contribution in [1.82, 2.24) is 0 Å². The molecule has 5 atom stereocenters. The summed E-state index contributed by atoms with van der Waals surface area (Å²) in [6.45, 7) is 0. The van der Waals surface area contributed by atoms with Crippen molar-refractivity contribution in [2.24, 2.45) is 0 Å². The molecule has 3 rings (SSSR count). The Bertz CT molecular complexity index is 302. The standard InChI is InChI=1S/C14H24S7/c15-13(3-10-6-19-10)14(9-17-5-12-8-21-12)18-2-1-16-4-11-7-20-11/h10-15H,1-9H2. The summed E-state index contributed by atoms with van der Waals surface area (Å²) in [4.78, 5) is 0. The van der Waals surface area contributed by atoms with Gasteiger partial charge in [-0.3, -0.25) is 0 Å². The highest BCUT2D eigenvalue weighted by molar-refractivity contribution is 8.10. The molecule has 0 spiro atoms. The van der Waals surface area contributed by atoms with Gasteiger partial charge in [-0.2, -0.15) is 83.2 Å². The normalized spacial score (nSPS) is 32.7. The minimum absolute atomic E-state index is 0.610. The molecule has 0 saturated carbocycles. The van der Waals surface area contributed by atoms with E-state index in [0.29, 0.717) is 5.25 Å². The van der Waals surface area contributed by atoms with Crippen molar-refractivity contribution in [3.63, 3.8) is 0 Å². The van der Waals surface area contributed by atoms with Gasteiger partial charge in [0.05, 0.1) is 0 Å². The molecule has 122 valence electrons. The summed E-state index contributed by atoms with van der Waals surface area (Å²) in [5.74, 6) is 10.9. The van der Waals surface area contributed by atoms with Crippen molar-refractivity contribution >= 4 is 83.2 Å². The first kappa shape index (κ1) is 18.2. The minimum Gasteiger partial charge on any atom is -0.175 e. The number of thiol groups is 1. The van der Waals surface area contributed by atoms with Crippen molar-refractivity contribution in [2.45, 2.75) is 32.7 Å². The lowest BCUT2D eigenvalue weighted by Gasteiger charge is -2.22. The summed E-state index contributed by atoms with van der Waals surface area (Å²) >= 11 is 17.9. The van der Waals surface area contributed by atoms with E-state index in [4.69, 9.17) is 12.6 Å². The van der Waals surface area contributed by atoms with Crippen LogP contribution in [0.4, 0.5) is 0 Å². The first-order valence-electron chi connectivity index (χ1n) is 7.61. The van der Waals surface area contributed by atoms with E-state index in [1.807, 2.05) is 0 Å². The highest BCUT2D eigenvalue weighted by Crippen LogP contribution is 2.39. The Hall–Kier alpha value is 2.45. The van der Waals surface area contributed by atoms with E-state index >= 15 is 0 Å². The van der Waals surface area contributed by atoms with E-state index < -0.39 is 0 Å². The molecule has 3 aliphatic rings. The third-order valence-corrected chi connectivity index (χ3v) is 11.9. The Morgan fingerprint density at radius 2 is 1.52 bits per heavy atom. The molecular formula is C14H24S7. The molecule has 3 aliphatic heterocycles. The summed E-state index contributed by atoms with van der Waals surface area (Å²) < 4.78 is 0. The number of rotatable bonds is 13. The minimum atomic E-state index is 0.610. The van der Waals surface area contributed by atoms with Crippen LogP contribution in [0.5, 0.6) is 0 Å². The van der Waals surface area contributed by atoms with Crippen LogP contribution in [0.3, 0.4) is 0 Å². The van der Waals surface area contributed by atoms with Crippen molar-refractivity contribution in [3.05, 3.63) is 0 Å².